The van der Waals surface area contributed by atoms with E-state index in [0.29, 0.717) is 12.8 Å². The summed E-state index contributed by atoms with van der Waals surface area (Å²) in [7, 11) is 0. The second-order valence-corrected chi connectivity index (χ2v) is 27.4. The molecular weight excluding hydrogens is 1230 g/mol. The zero-order chi connectivity index (χ0) is 69.6. The van der Waals surface area contributed by atoms with Crippen LogP contribution in [0.4, 0.5) is 0 Å². The van der Waals surface area contributed by atoms with Crippen LogP contribution in [0.15, 0.2) is 60.8 Å². The summed E-state index contributed by atoms with van der Waals surface area (Å²) in [5.74, 6) is -0.289. The van der Waals surface area contributed by atoms with Gasteiger partial charge in [-0.2, -0.15) is 0 Å². The standard InChI is InChI=1S/C77H139NO18/c1-3-5-7-9-11-13-15-16-17-18-19-20-21-22-23-24-25-26-27-28-29-30-31-32-33-34-35-36-37-38-39-40-41-42-43-44-45-47-49-51-53-55-65(83)78-60(61(82)54-52-50-48-46-14-12-10-8-6-4-2)59-91-75-71(89)68(86)73(63(57-80)93-75)96-77-72(90)69(87)74(64(58-81)94-77)95-76-70(88)67(85)66(84)62(56-79)92-76/h6,8,14-16,18-19,46,52,54,60-64,66-77,79-82,84-90H,3-5,7,9-13,17,20-45,47-51,53,55-59H2,1-2H3,(H,78,83)/b8-6+,16-15-,19-18-,46-14+,54-52+. The van der Waals surface area contributed by atoms with Crippen molar-refractivity contribution in [3.63, 3.8) is 0 Å². The van der Waals surface area contributed by atoms with Gasteiger partial charge in [0.15, 0.2) is 18.9 Å². The predicted octanol–water partition coefficient (Wildman–Crippen LogP) is 11.9. The van der Waals surface area contributed by atoms with Gasteiger partial charge in [-0.25, -0.2) is 0 Å². The van der Waals surface area contributed by atoms with Crippen molar-refractivity contribution in [3.05, 3.63) is 60.8 Å². The largest absolute Gasteiger partial charge is 0.394 e. The van der Waals surface area contributed by atoms with Crippen LogP contribution in [0.1, 0.15) is 290 Å². The van der Waals surface area contributed by atoms with E-state index >= 15 is 0 Å². The first-order valence-electron chi connectivity index (χ1n) is 38.5. The number of nitrogens with one attached hydrogen (secondary N) is 1. The molecule has 3 fully saturated rings. The Morgan fingerprint density at radius 1 is 0.385 bits per heavy atom. The molecule has 1 amide bonds. The third-order valence-corrected chi connectivity index (χ3v) is 19.0. The zero-order valence-electron chi connectivity index (χ0n) is 59.6. The Morgan fingerprint density at radius 3 is 1.15 bits per heavy atom. The topological polar surface area (TPSA) is 307 Å². The maximum Gasteiger partial charge on any atom is 0.220 e. The highest BCUT2D eigenvalue weighted by Gasteiger charge is 2.53. The van der Waals surface area contributed by atoms with Crippen LogP contribution in [-0.4, -0.2) is 193 Å². The molecule has 3 heterocycles. The van der Waals surface area contributed by atoms with E-state index in [1.54, 1.807) is 6.08 Å². The molecule has 19 nitrogen and oxygen atoms in total. The van der Waals surface area contributed by atoms with Gasteiger partial charge in [0.1, 0.15) is 73.2 Å². The summed E-state index contributed by atoms with van der Waals surface area (Å²) in [5, 5.41) is 120. The molecule has 3 rings (SSSR count). The molecule has 19 heteroatoms. The zero-order valence-corrected chi connectivity index (χ0v) is 59.6. The normalized spacial score (nSPS) is 27.4. The van der Waals surface area contributed by atoms with Gasteiger partial charge in [0.2, 0.25) is 5.91 Å². The highest BCUT2D eigenvalue weighted by Crippen LogP contribution is 2.33. The maximum absolute atomic E-state index is 13.4. The average Bonchev–Trinajstić information content (AvgIpc) is 0.802. The summed E-state index contributed by atoms with van der Waals surface area (Å²) < 4.78 is 34.3. The van der Waals surface area contributed by atoms with Crippen molar-refractivity contribution in [1.29, 1.82) is 0 Å². The molecule has 0 saturated carbocycles. The monoisotopic (exact) mass is 1370 g/mol. The second-order valence-electron chi connectivity index (χ2n) is 27.4. The SMILES string of the molecule is CC/C=C/CC/C=C/CC/C=C/C(O)C(COC1OC(CO)C(OC2OC(CO)C(OC3OC(CO)C(O)C(O)C3O)C(O)C2O)C(O)C1O)NC(=O)CCCCCCCCCCCCCCCCCCCCCCCCCCCCCCC/C=C\C/C=C\CCCCCCC. The third kappa shape index (κ3) is 38.5. The number of unbranched alkanes of at least 4 members (excludes halogenated alkanes) is 36. The molecule has 560 valence electrons. The molecule has 17 atom stereocenters. The average molecular weight is 1370 g/mol. The molecular formula is C77H139NO18. The minimum Gasteiger partial charge on any atom is -0.394 e. The Morgan fingerprint density at radius 2 is 0.729 bits per heavy atom. The number of rotatable bonds is 60. The highest BCUT2D eigenvalue weighted by molar-refractivity contribution is 5.76. The van der Waals surface area contributed by atoms with E-state index in [1.807, 2.05) is 6.08 Å². The van der Waals surface area contributed by atoms with Crippen LogP contribution in [-0.2, 0) is 33.2 Å². The van der Waals surface area contributed by atoms with E-state index in [9.17, 15) is 61.0 Å². The van der Waals surface area contributed by atoms with Crippen LogP contribution in [0.2, 0.25) is 0 Å². The Hall–Kier alpha value is -2.51. The van der Waals surface area contributed by atoms with Gasteiger partial charge in [0.05, 0.1) is 38.6 Å². The van der Waals surface area contributed by atoms with Crippen LogP contribution in [0.5, 0.6) is 0 Å². The van der Waals surface area contributed by atoms with Crippen molar-refractivity contribution >= 4 is 5.91 Å². The Balaban J connectivity index is 1.24. The number of hydrogen-bond acceptors (Lipinski definition) is 18. The van der Waals surface area contributed by atoms with Crippen LogP contribution in [0.25, 0.3) is 0 Å². The van der Waals surface area contributed by atoms with E-state index < -0.39 is 124 Å². The molecule has 0 spiro atoms. The first kappa shape index (κ1) is 87.7. The van der Waals surface area contributed by atoms with Crippen molar-refractivity contribution in [2.75, 3.05) is 26.4 Å². The van der Waals surface area contributed by atoms with Gasteiger partial charge in [0, 0.05) is 6.42 Å². The maximum atomic E-state index is 13.4. The minimum absolute atomic E-state index is 0.234. The number of ether oxygens (including phenoxy) is 6. The number of allylic oxidation sites excluding steroid dienone is 9. The van der Waals surface area contributed by atoms with Gasteiger partial charge in [-0.1, -0.05) is 274 Å². The van der Waals surface area contributed by atoms with E-state index in [-0.39, 0.29) is 18.9 Å². The number of carbonyl (C=O) groups excluding carboxylic acids is 1. The molecule has 0 aromatic rings. The molecule has 3 saturated heterocycles. The lowest BCUT2D eigenvalue weighted by atomic mass is 9.96. The second kappa shape index (κ2) is 58.0. The molecule has 0 bridgehead atoms. The third-order valence-electron chi connectivity index (χ3n) is 19.0. The summed E-state index contributed by atoms with van der Waals surface area (Å²) in [6, 6.07) is -0.995. The van der Waals surface area contributed by atoms with E-state index in [1.165, 1.54) is 205 Å². The van der Waals surface area contributed by atoms with E-state index in [4.69, 9.17) is 28.4 Å². The minimum atomic E-state index is -1.98. The number of hydrogen-bond donors (Lipinski definition) is 12. The van der Waals surface area contributed by atoms with Crippen LogP contribution in [0, 0.1) is 0 Å². The van der Waals surface area contributed by atoms with E-state index in [0.717, 1.165) is 51.4 Å². The molecule has 0 aromatic carbocycles. The van der Waals surface area contributed by atoms with Crippen LogP contribution < -0.4 is 5.32 Å². The summed E-state index contributed by atoms with van der Waals surface area (Å²) in [4.78, 5) is 13.4. The van der Waals surface area contributed by atoms with Crippen LogP contribution >= 0.6 is 0 Å². The van der Waals surface area contributed by atoms with Crippen molar-refractivity contribution in [2.45, 2.75) is 394 Å². The molecule has 17 unspecified atom stereocenters. The summed E-state index contributed by atoms with van der Waals surface area (Å²) >= 11 is 0. The molecule has 96 heavy (non-hydrogen) atoms. The number of aliphatic hydroxyl groups excluding tert-OH is 11. The highest BCUT2D eigenvalue weighted by atomic mass is 16.8. The number of amides is 1. The summed E-state index contributed by atoms with van der Waals surface area (Å²) in [6.45, 7) is 1.57. The first-order chi connectivity index (χ1) is 46.8. The Labute approximate surface area is 579 Å². The van der Waals surface area contributed by atoms with Gasteiger partial charge < -0.3 is 89.9 Å². The molecule has 0 aliphatic carbocycles. The predicted molar refractivity (Wildman–Crippen MR) is 379 cm³/mol. The quantitative estimate of drug-likeness (QED) is 0.0199. The fourth-order valence-corrected chi connectivity index (χ4v) is 12.9. The van der Waals surface area contributed by atoms with Crippen molar-refractivity contribution < 1.29 is 89.4 Å². The lowest BCUT2D eigenvalue weighted by Gasteiger charge is -2.48. The molecule has 0 radical (unpaired) electrons. The Bertz CT molecular complexity index is 1970. The first-order valence-corrected chi connectivity index (χ1v) is 38.5. The Kier molecular flexibility index (Phi) is 53.0. The summed E-state index contributed by atoms with van der Waals surface area (Å²) in [6.07, 6.45) is 47.2. The molecule has 3 aliphatic rings. The van der Waals surface area contributed by atoms with Crippen LogP contribution in [0.3, 0.4) is 0 Å². The van der Waals surface area contributed by atoms with Gasteiger partial charge in [-0.3, -0.25) is 4.79 Å². The lowest BCUT2D eigenvalue weighted by Crippen LogP contribution is -2.66. The number of carbonyl (C=O) groups is 1. The van der Waals surface area contributed by atoms with Crippen molar-refractivity contribution in [2.24, 2.45) is 0 Å². The lowest BCUT2D eigenvalue weighted by molar-refractivity contribution is -0.379. The smallest absolute Gasteiger partial charge is 0.220 e. The van der Waals surface area contributed by atoms with E-state index in [2.05, 4.69) is 67.8 Å². The van der Waals surface area contributed by atoms with Gasteiger partial charge in [-0.05, 0) is 70.6 Å². The fraction of sp³-hybridized carbons (Fsp3) is 0.857. The summed E-state index contributed by atoms with van der Waals surface area (Å²) in [5.41, 5.74) is 0. The van der Waals surface area contributed by atoms with Gasteiger partial charge in [0.25, 0.3) is 0 Å². The van der Waals surface area contributed by atoms with Gasteiger partial charge >= 0.3 is 0 Å². The van der Waals surface area contributed by atoms with Crippen molar-refractivity contribution in [3.8, 4) is 0 Å². The van der Waals surface area contributed by atoms with Gasteiger partial charge in [-0.15, -0.1) is 0 Å². The van der Waals surface area contributed by atoms with Crippen molar-refractivity contribution in [1.82, 2.24) is 5.32 Å². The fourth-order valence-electron chi connectivity index (χ4n) is 12.9. The molecule has 12 N–H and O–H groups in total. The molecule has 0 aromatic heterocycles. The number of aliphatic hydroxyl groups is 11. The molecule has 3 aliphatic heterocycles.